The number of hydrogen-bond donors (Lipinski definition) is 2. The normalized spacial score (nSPS) is 12.2. The first-order valence-corrected chi connectivity index (χ1v) is 5.05. The van der Waals surface area contributed by atoms with E-state index in [4.69, 9.17) is 5.73 Å². The van der Waals surface area contributed by atoms with E-state index in [2.05, 4.69) is 5.32 Å². The van der Waals surface area contributed by atoms with Crippen LogP contribution in [0, 0.1) is 5.92 Å². The van der Waals surface area contributed by atoms with Crippen molar-refractivity contribution in [3.63, 3.8) is 0 Å². The van der Waals surface area contributed by atoms with Crippen LogP contribution in [0.3, 0.4) is 0 Å². The van der Waals surface area contributed by atoms with E-state index in [1.54, 1.807) is 6.92 Å². The van der Waals surface area contributed by atoms with Crippen molar-refractivity contribution in [1.29, 1.82) is 0 Å². The first-order chi connectivity index (χ1) is 6.57. The molecule has 14 heavy (non-hydrogen) atoms. The fraction of sp³-hybridized carbons (Fsp3) is 0.800. The number of hydrogen-bond acceptors (Lipinski definition) is 3. The van der Waals surface area contributed by atoms with Gasteiger partial charge in [-0.1, -0.05) is 6.92 Å². The lowest BCUT2D eigenvalue weighted by Gasteiger charge is -2.09. The number of nitrogens with two attached hydrogens (primary N) is 1. The molecule has 3 N–H and O–H groups in total. The maximum Gasteiger partial charge on any atom is 0.223 e. The van der Waals surface area contributed by atoms with Gasteiger partial charge >= 0.3 is 0 Å². The third kappa shape index (κ3) is 6.60. The van der Waals surface area contributed by atoms with Crippen LogP contribution in [-0.2, 0) is 9.59 Å². The lowest BCUT2D eigenvalue weighted by molar-refractivity contribution is -0.128. The molecule has 82 valence electrons. The minimum absolute atomic E-state index is 0.0442. The highest BCUT2D eigenvalue weighted by Crippen LogP contribution is 2.02. The molecule has 1 unspecified atom stereocenters. The van der Waals surface area contributed by atoms with Gasteiger partial charge in [0.05, 0.1) is 0 Å². The summed E-state index contributed by atoms with van der Waals surface area (Å²) in [5, 5.41) is 2.78. The van der Waals surface area contributed by atoms with Crippen molar-refractivity contribution in [2.45, 2.75) is 33.1 Å². The van der Waals surface area contributed by atoms with Crippen molar-refractivity contribution in [2.75, 3.05) is 13.1 Å². The first kappa shape index (κ1) is 13.1. The quantitative estimate of drug-likeness (QED) is 0.586. The van der Waals surface area contributed by atoms with Crippen LogP contribution < -0.4 is 11.1 Å². The Hall–Kier alpha value is -0.900. The Bertz CT molecular complexity index is 193. The molecule has 0 rings (SSSR count). The van der Waals surface area contributed by atoms with Gasteiger partial charge in [-0.15, -0.1) is 0 Å². The number of Topliss-reactive ketones (excluding diaryl/α,β-unsaturated/α-hetero) is 1. The zero-order valence-electron chi connectivity index (χ0n) is 9.01. The number of amides is 1. The maximum absolute atomic E-state index is 11.3. The summed E-state index contributed by atoms with van der Waals surface area (Å²) in [6, 6.07) is 0. The highest BCUT2D eigenvalue weighted by atomic mass is 16.2. The Morgan fingerprint density at radius 3 is 2.50 bits per heavy atom. The van der Waals surface area contributed by atoms with Crippen LogP contribution in [0.1, 0.15) is 33.1 Å². The van der Waals surface area contributed by atoms with Crippen molar-refractivity contribution < 1.29 is 9.59 Å². The van der Waals surface area contributed by atoms with E-state index < -0.39 is 0 Å². The summed E-state index contributed by atoms with van der Waals surface area (Å²) >= 11 is 0. The van der Waals surface area contributed by atoms with Crippen LogP contribution in [0.25, 0.3) is 0 Å². The average Bonchev–Trinajstić information content (AvgIpc) is 2.11. The molecule has 0 aliphatic heterocycles. The topological polar surface area (TPSA) is 72.2 Å². The van der Waals surface area contributed by atoms with Crippen LogP contribution >= 0.6 is 0 Å². The van der Waals surface area contributed by atoms with Crippen molar-refractivity contribution in [1.82, 2.24) is 5.32 Å². The van der Waals surface area contributed by atoms with Crippen LogP contribution in [0.4, 0.5) is 0 Å². The molecule has 0 saturated heterocycles. The molecule has 0 aromatic heterocycles. The van der Waals surface area contributed by atoms with Crippen LogP contribution in [-0.4, -0.2) is 24.8 Å². The molecule has 1 amide bonds. The largest absolute Gasteiger partial charge is 0.356 e. The van der Waals surface area contributed by atoms with Gasteiger partial charge in [0, 0.05) is 18.9 Å². The van der Waals surface area contributed by atoms with Crippen molar-refractivity contribution in [3.05, 3.63) is 0 Å². The lowest BCUT2D eigenvalue weighted by Crippen LogP contribution is -2.31. The first-order valence-electron chi connectivity index (χ1n) is 5.05. The number of ketones is 1. The summed E-state index contributed by atoms with van der Waals surface area (Å²) < 4.78 is 0. The summed E-state index contributed by atoms with van der Waals surface area (Å²) in [4.78, 5) is 22.1. The monoisotopic (exact) mass is 200 g/mol. The molecule has 0 saturated carbocycles. The SMILES string of the molecule is CC(=O)CC(C)C(=O)NCCCCN. The average molecular weight is 200 g/mol. The third-order valence-electron chi connectivity index (χ3n) is 1.97. The number of nitrogens with one attached hydrogen (secondary N) is 1. The van der Waals surface area contributed by atoms with Crippen LogP contribution in [0.15, 0.2) is 0 Å². The van der Waals surface area contributed by atoms with Gasteiger partial charge < -0.3 is 15.8 Å². The highest BCUT2D eigenvalue weighted by Gasteiger charge is 2.13. The van der Waals surface area contributed by atoms with E-state index in [1.807, 2.05) is 0 Å². The summed E-state index contributed by atoms with van der Waals surface area (Å²) in [7, 11) is 0. The minimum Gasteiger partial charge on any atom is -0.356 e. The van der Waals surface area contributed by atoms with E-state index in [1.165, 1.54) is 6.92 Å². The summed E-state index contributed by atoms with van der Waals surface area (Å²) in [5.41, 5.74) is 5.31. The molecule has 0 radical (unpaired) electrons. The third-order valence-corrected chi connectivity index (χ3v) is 1.97. The number of unbranched alkanes of at least 4 members (excludes halogenated alkanes) is 1. The van der Waals surface area contributed by atoms with Crippen molar-refractivity contribution >= 4 is 11.7 Å². The molecule has 0 aliphatic carbocycles. The molecule has 0 bridgehead atoms. The second-order valence-corrected chi connectivity index (χ2v) is 3.59. The number of carbonyl (C=O) groups excluding carboxylic acids is 2. The molecule has 0 spiro atoms. The number of carbonyl (C=O) groups is 2. The van der Waals surface area contributed by atoms with Gasteiger partial charge in [-0.05, 0) is 26.3 Å². The molecular weight excluding hydrogens is 180 g/mol. The summed E-state index contributed by atoms with van der Waals surface area (Å²) in [6.45, 7) is 4.56. The second-order valence-electron chi connectivity index (χ2n) is 3.59. The summed E-state index contributed by atoms with van der Waals surface area (Å²) in [6.07, 6.45) is 2.14. The zero-order chi connectivity index (χ0) is 11.0. The Morgan fingerprint density at radius 2 is 2.00 bits per heavy atom. The molecule has 1 atom stereocenters. The van der Waals surface area contributed by atoms with Gasteiger partial charge in [0.2, 0.25) is 5.91 Å². The van der Waals surface area contributed by atoms with Crippen molar-refractivity contribution in [3.8, 4) is 0 Å². The van der Waals surface area contributed by atoms with Crippen LogP contribution in [0.2, 0.25) is 0 Å². The lowest BCUT2D eigenvalue weighted by atomic mass is 10.0. The van der Waals surface area contributed by atoms with E-state index >= 15 is 0 Å². The van der Waals surface area contributed by atoms with Gasteiger partial charge in [-0.3, -0.25) is 4.79 Å². The second kappa shape index (κ2) is 7.50. The number of rotatable bonds is 7. The minimum atomic E-state index is -0.217. The predicted octanol–water partition coefficient (Wildman–Crippen LogP) is 0.457. The maximum atomic E-state index is 11.3. The molecule has 0 aromatic rings. The van der Waals surface area contributed by atoms with Gasteiger partial charge in [0.15, 0.2) is 0 Å². The molecule has 4 heteroatoms. The predicted molar refractivity (Wildman–Crippen MR) is 55.8 cm³/mol. The van der Waals surface area contributed by atoms with E-state index in [9.17, 15) is 9.59 Å². The Balaban J connectivity index is 3.57. The molecular formula is C10H20N2O2. The van der Waals surface area contributed by atoms with Gasteiger partial charge in [-0.2, -0.15) is 0 Å². The molecule has 0 aromatic carbocycles. The molecule has 0 fully saturated rings. The van der Waals surface area contributed by atoms with Crippen molar-refractivity contribution in [2.24, 2.45) is 11.7 Å². The van der Waals surface area contributed by atoms with Crippen LogP contribution in [0.5, 0.6) is 0 Å². The highest BCUT2D eigenvalue weighted by molar-refractivity contribution is 5.85. The summed E-state index contributed by atoms with van der Waals surface area (Å²) in [5.74, 6) is -0.211. The smallest absolute Gasteiger partial charge is 0.223 e. The van der Waals surface area contributed by atoms with Gasteiger partial charge in [0.25, 0.3) is 0 Å². The zero-order valence-corrected chi connectivity index (χ0v) is 9.01. The Labute approximate surface area is 85.2 Å². The fourth-order valence-electron chi connectivity index (χ4n) is 1.18. The standard InChI is InChI=1S/C10H20N2O2/c1-8(7-9(2)13)10(14)12-6-4-3-5-11/h8H,3-7,11H2,1-2H3,(H,12,14). The molecule has 0 aliphatic rings. The van der Waals surface area contributed by atoms with Gasteiger partial charge in [0.1, 0.15) is 5.78 Å². The molecule has 0 heterocycles. The molecule has 4 nitrogen and oxygen atoms in total. The Kier molecular flexibility index (Phi) is 7.02. The van der Waals surface area contributed by atoms with E-state index in [0.29, 0.717) is 19.5 Å². The fourth-order valence-corrected chi connectivity index (χ4v) is 1.18. The Morgan fingerprint density at radius 1 is 1.36 bits per heavy atom. The van der Waals surface area contributed by atoms with E-state index in [-0.39, 0.29) is 17.6 Å². The van der Waals surface area contributed by atoms with E-state index in [0.717, 1.165) is 12.8 Å². The van der Waals surface area contributed by atoms with Gasteiger partial charge in [-0.25, -0.2) is 0 Å².